The minimum Gasteiger partial charge on any atom is -0.491 e. The lowest BCUT2D eigenvalue weighted by molar-refractivity contribution is -0.130. The fraction of sp³-hybridized carbons (Fsp3) is 0.611. The van der Waals surface area contributed by atoms with Crippen molar-refractivity contribution in [3.8, 4) is 5.75 Å². The van der Waals surface area contributed by atoms with E-state index < -0.39 is 0 Å². The van der Waals surface area contributed by atoms with Crippen molar-refractivity contribution < 1.29 is 14.3 Å². The molecule has 0 atom stereocenters. The number of hydrogen-bond donors (Lipinski definition) is 1. The number of rotatable bonds is 9. The second-order valence-electron chi connectivity index (χ2n) is 6.01. The Morgan fingerprint density at radius 2 is 2.00 bits per heavy atom. The molecule has 6 heteroatoms. The second kappa shape index (κ2) is 10.3. The Morgan fingerprint density at radius 1 is 1.21 bits per heavy atom. The molecule has 1 N–H and O–H groups in total. The largest absolute Gasteiger partial charge is 0.491 e. The molecule has 0 radical (unpaired) electrons. The molecule has 1 aromatic rings. The highest BCUT2D eigenvalue weighted by Crippen LogP contribution is 2.13. The minimum absolute atomic E-state index is 0.181. The lowest BCUT2D eigenvalue weighted by Gasteiger charge is -2.34. The van der Waals surface area contributed by atoms with Gasteiger partial charge in [-0.3, -0.25) is 9.69 Å². The van der Waals surface area contributed by atoms with Gasteiger partial charge in [0, 0.05) is 59.8 Å². The number of nitrogens with one attached hydrogen (secondary N) is 1. The van der Waals surface area contributed by atoms with E-state index in [1.54, 1.807) is 14.0 Å². The number of piperazine rings is 1. The van der Waals surface area contributed by atoms with Crippen LogP contribution in [0.25, 0.3) is 0 Å². The number of nitrogens with zero attached hydrogens (tertiary/aromatic N) is 2. The fourth-order valence-corrected chi connectivity index (χ4v) is 2.74. The summed E-state index contributed by atoms with van der Waals surface area (Å²) in [7, 11) is 1.67. The van der Waals surface area contributed by atoms with E-state index in [4.69, 9.17) is 9.47 Å². The SMILES string of the molecule is COCCOc1cccc(CNCCN2CCN(C(C)=O)CC2)c1. The second-order valence-corrected chi connectivity index (χ2v) is 6.01. The first-order valence-corrected chi connectivity index (χ1v) is 8.58. The Labute approximate surface area is 144 Å². The summed E-state index contributed by atoms with van der Waals surface area (Å²) in [6.45, 7) is 9.20. The van der Waals surface area contributed by atoms with Crippen molar-refractivity contribution in [1.82, 2.24) is 15.1 Å². The summed E-state index contributed by atoms with van der Waals surface area (Å²) in [6, 6.07) is 8.14. The third-order valence-electron chi connectivity index (χ3n) is 4.21. The van der Waals surface area contributed by atoms with Crippen LogP contribution in [0.2, 0.25) is 0 Å². The van der Waals surface area contributed by atoms with Gasteiger partial charge in [0.15, 0.2) is 0 Å². The zero-order valence-electron chi connectivity index (χ0n) is 14.8. The summed E-state index contributed by atoms with van der Waals surface area (Å²) in [5, 5.41) is 3.47. The normalized spacial score (nSPS) is 15.5. The monoisotopic (exact) mass is 335 g/mol. The minimum atomic E-state index is 0.181. The van der Waals surface area contributed by atoms with Crippen molar-refractivity contribution in [2.75, 3.05) is 59.6 Å². The number of methoxy groups -OCH3 is 1. The van der Waals surface area contributed by atoms with E-state index in [-0.39, 0.29) is 5.91 Å². The van der Waals surface area contributed by atoms with Crippen molar-refractivity contribution in [2.24, 2.45) is 0 Å². The van der Waals surface area contributed by atoms with Crippen LogP contribution in [0.15, 0.2) is 24.3 Å². The van der Waals surface area contributed by atoms with Crippen LogP contribution in [0, 0.1) is 0 Å². The Kier molecular flexibility index (Phi) is 8.01. The van der Waals surface area contributed by atoms with Crippen molar-refractivity contribution >= 4 is 5.91 Å². The molecule has 1 fully saturated rings. The van der Waals surface area contributed by atoms with Gasteiger partial charge >= 0.3 is 0 Å². The average Bonchev–Trinajstić information content (AvgIpc) is 2.60. The van der Waals surface area contributed by atoms with E-state index in [9.17, 15) is 4.79 Å². The smallest absolute Gasteiger partial charge is 0.219 e. The Bertz CT molecular complexity index is 502. The van der Waals surface area contributed by atoms with Gasteiger partial charge in [0.25, 0.3) is 0 Å². The molecule has 0 bridgehead atoms. The third-order valence-corrected chi connectivity index (χ3v) is 4.21. The molecule has 2 rings (SSSR count). The Morgan fingerprint density at radius 3 is 2.71 bits per heavy atom. The topological polar surface area (TPSA) is 54.0 Å². The van der Waals surface area contributed by atoms with E-state index >= 15 is 0 Å². The summed E-state index contributed by atoms with van der Waals surface area (Å²) >= 11 is 0. The van der Waals surface area contributed by atoms with Gasteiger partial charge in [0.05, 0.1) is 6.61 Å². The van der Waals surface area contributed by atoms with E-state index in [1.165, 1.54) is 5.56 Å². The van der Waals surface area contributed by atoms with Gasteiger partial charge < -0.3 is 19.7 Å². The molecule has 6 nitrogen and oxygen atoms in total. The van der Waals surface area contributed by atoms with Crippen LogP contribution in [-0.4, -0.2) is 75.3 Å². The summed E-state index contributed by atoms with van der Waals surface area (Å²) in [4.78, 5) is 15.6. The van der Waals surface area contributed by atoms with Gasteiger partial charge in [-0.1, -0.05) is 12.1 Å². The van der Waals surface area contributed by atoms with Crippen molar-refractivity contribution in [1.29, 1.82) is 0 Å². The predicted molar refractivity (Wildman–Crippen MR) is 94.2 cm³/mol. The molecule has 1 amide bonds. The molecule has 1 aliphatic rings. The molecule has 1 aromatic carbocycles. The number of carbonyl (C=O) groups is 1. The van der Waals surface area contributed by atoms with Gasteiger partial charge in [-0.2, -0.15) is 0 Å². The van der Waals surface area contributed by atoms with Crippen LogP contribution in [0.5, 0.6) is 5.75 Å². The molecule has 134 valence electrons. The summed E-state index contributed by atoms with van der Waals surface area (Å²) < 4.78 is 10.6. The number of carbonyl (C=O) groups excluding carboxylic acids is 1. The highest BCUT2D eigenvalue weighted by atomic mass is 16.5. The van der Waals surface area contributed by atoms with E-state index in [1.807, 2.05) is 17.0 Å². The molecule has 0 saturated carbocycles. The number of amides is 1. The van der Waals surface area contributed by atoms with Gasteiger partial charge in [-0.25, -0.2) is 0 Å². The predicted octanol–water partition coefficient (Wildman–Crippen LogP) is 0.966. The molecule has 0 unspecified atom stereocenters. The van der Waals surface area contributed by atoms with Crippen LogP contribution >= 0.6 is 0 Å². The lowest BCUT2D eigenvalue weighted by atomic mass is 10.2. The van der Waals surface area contributed by atoms with E-state index in [2.05, 4.69) is 22.3 Å². The molecule has 1 saturated heterocycles. The van der Waals surface area contributed by atoms with E-state index in [0.717, 1.165) is 51.6 Å². The molecule has 24 heavy (non-hydrogen) atoms. The maximum atomic E-state index is 11.3. The fourth-order valence-electron chi connectivity index (χ4n) is 2.74. The molecule has 1 aliphatic heterocycles. The first-order valence-electron chi connectivity index (χ1n) is 8.58. The van der Waals surface area contributed by atoms with Crippen molar-refractivity contribution in [3.63, 3.8) is 0 Å². The molecular formula is C18H29N3O3. The first kappa shape index (κ1) is 18.7. The highest BCUT2D eigenvalue weighted by Gasteiger charge is 2.17. The molecular weight excluding hydrogens is 306 g/mol. The first-order chi connectivity index (χ1) is 11.7. The van der Waals surface area contributed by atoms with Gasteiger partial charge in [-0.15, -0.1) is 0 Å². The van der Waals surface area contributed by atoms with Crippen LogP contribution in [0.3, 0.4) is 0 Å². The Balaban J connectivity index is 1.62. The zero-order chi connectivity index (χ0) is 17.2. The average molecular weight is 335 g/mol. The maximum absolute atomic E-state index is 11.3. The lowest BCUT2D eigenvalue weighted by Crippen LogP contribution is -2.49. The summed E-state index contributed by atoms with van der Waals surface area (Å²) in [6.07, 6.45) is 0. The van der Waals surface area contributed by atoms with Crippen molar-refractivity contribution in [2.45, 2.75) is 13.5 Å². The summed E-state index contributed by atoms with van der Waals surface area (Å²) in [5.41, 5.74) is 1.21. The quantitative estimate of drug-likeness (QED) is 0.682. The van der Waals surface area contributed by atoms with Crippen molar-refractivity contribution in [3.05, 3.63) is 29.8 Å². The maximum Gasteiger partial charge on any atom is 0.219 e. The molecule has 0 aliphatic carbocycles. The van der Waals surface area contributed by atoms with E-state index in [0.29, 0.717) is 13.2 Å². The van der Waals surface area contributed by atoms with Gasteiger partial charge in [0.1, 0.15) is 12.4 Å². The molecule has 1 heterocycles. The standard InChI is InChI=1S/C18H29N3O3/c1-16(22)21-10-8-20(9-11-21)7-6-19-15-17-4-3-5-18(14-17)24-13-12-23-2/h3-5,14,19H,6-13,15H2,1-2H3. The zero-order valence-corrected chi connectivity index (χ0v) is 14.8. The molecule has 0 spiro atoms. The number of benzene rings is 1. The van der Waals surface area contributed by atoms with Crippen LogP contribution in [-0.2, 0) is 16.1 Å². The van der Waals surface area contributed by atoms with Gasteiger partial charge in [0.2, 0.25) is 5.91 Å². The number of ether oxygens (including phenoxy) is 2. The third kappa shape index (κ3) is 6.47. The number of hydrogen-bond acceptors (Lipinski definition) is 5. The van der Waals surface area contributed by atoms with Gasteiger partial charge in [-0.05, 0) is 17.7 Å². The molecule has 0 aromatic heterocycles. The summed E-state index contributed by atoms with van der Waals surface area (Å²) in [5.74, 6) is 1.06. The Hall–Kier alpha value is -1.63. The van der Waals surface area contributed by atoms with Crippen LogP contribution < -0.4 is 10.1 Å². The highest BCUT2D eigenvalue weighted by molar-refractivity contribution is 5.73. The van der Waals surface area contributed by atoms with Crippen LogP contribution in [0.1, 0.15) is 12.5 Å². The van der Waals surface area contributed by atoms with Crippen LogP contribution in [0.4, 0.5) is 0 Å².